The molecule has 0 fully saturated rings. The molecule has 1 aliphatic heterocycles. The summed E-state index contributed by atoms with van der Waals surface area (Å²) in [4.78, 5) is 0. The Labute approximate surface area is 69.6 Å². The largest absolute Gasteiger partial charge is 0.296 e. The van der Waals surface area contributed by atoms with Gasteiger partial charge in [-0.3, -0.25) is 10.4 Å². The van der Waals surface area contributed by atoms with Gasteiger partial charge in [-0.25, -0.2) is 8.42 Å². The summed E-state index contributed by atoms with van der Waals surface area (Å²) < 4.78 is 21.4. The highest BCUT2D eigenvalue weighted by atomic mass is 35.7. The van der Waals surface area contributed by atoms with E-state index in [9.17, 15) is 8.42 Å². The van der Waals surface area contributed by atoms with Gasteiger partial charge in [0, 0.05) is 24.8 Å². The van der Waals surface area contributed by atoms with Crippen LogP contribution in [0.5, 0.6) is 0 Å². The average molecular weight is 198 g/mol. The molecule has 1 aliphatic rings. The van der Waals surface area contributed by atoms with E-state index >= 15 is 0 Å². The van der Waals surface area contributed by atoms with Crippen LogP contribution in [0.1, 0.15) is 0 Å². The molecule has 0 bridgehead atoms. The van der Waals surface area contributed by atoms with Gasteiger partial charge < -0.3 is 0 Å². The van der Waals surface area contributed by atoms with Crippen molar-refractivity contribution in [3.05, 3.63) is 11.2 Å². The minimum absolute atomic E-state index is 0.0100. The minimum atomic E-state index is -3.63. The fourth-order valence-corrected chi connectivity index (χ4v) is 1.38. The Hall–Kier alpha value is -0.460. The van der Waals surface area contributed by atoms with Gasteiger partial charge in [-0.1, -0.05) is 0 Å². The normalized spacial score (nSPS) is 19.9. The van der Waals surface area contributed by atoms with E-state index in [1.54, 1.807) is 19.1 Å². The molecular weight excluding hydrogens is 190 g/mol. The second-order valence-electron chi connectivity index (χ2n) is 2.14. The predicted molar refractivity (Wildman–Crippen MR) is 41.5 cm³/mol. The Balaban J connectivity index is 2.89. The smallest absolute Gasteiger partial charge is 0.279 e. The summed E-state index contributed by atoms with van der Waals surface area (Å²) >= 11 is 0. The first-order valence-corrected chi connectivity index (χ1v) is 5.12. The van der Waals surface area contributed by atoms with Crippen molar-refractivity contribution in [1.29, 1.82) is 0 Å². The molecule has 0 saturated heterocycles. The van der Waals surface area contributed by atoms with Crippen molar-refractivity contribution in [1.82, 2.24) is 15.6 Å². The number of hydrogen-bond acceptors (Lipinski definition) is 5. The molecule has 7 heteroatoms. The van der Waals surface area contributed by atoms with E-state index in [1.165, 1.54) is 11.3 Å². The number of rotatable bonds is 1. The van der Waals surface area contributed by atoms with Crippen LogP contribution in [0.15, 0.2) is 11.2 Å². The summed E-state index contributed by atoms with van der Waals surface area (Å²) in [5.74, 6) is 0. The van der Waals surface area contributed by atoms with Crippen LogP contribution in [-0.2, 0) is 9.05 Å². The standard InChI is InChI=1S/C4H8ClN3O2S/c1-7-3-4(6-8(7)2)11(5,9)10/h3,6H,1-2H3. The third-order valence-electron chi connectivity index (χ3n) is 1.31. The first-order valence-electron chi connectivity index (χ1n) is 2.81. The molecule has 0 spiro atoms. The van der Waals surface area contributed by atoms with Crippen LogP contribution >= 0.6 is 10.7 Å². The maximum absolute atomic E-state index is 10.7. The van der Waals surface area contributed by atoms with E-state index in [1.807, 2.05) is 0 Å². The molecule has 0 amide bonds. The van der Waals surface area contributed by atoms with Gasteiger partial charge >= 0.3 is 0 Å². The Morgan fingerprint density at radius 1 is 1.55 bits per heavy atom. The van der Waals surface area contributed by atoms with Crippen molar-refractivity contribution < 1.29 is 8.42 Å². The fraction of sp³-hybridized carbons (Fsp3) is 0.500. The van der Waals surface area contributed by atoms with Crippen molar-refractivity contribution in [2.45, 2.75) is 0 Å². The van der Waals surface area contributed by atoms with Gasteiger partial charge in [0.05, 0.1) is 6.20 Å². The Bertz CT molecular complexity index is 286. The number of halogens is 1. The van der Waals surface area contributed by atoms with E-state index in [2.05, 4.69) is 5.43 Å². The van der Waals surface area contributed by atoms with Gasteiger partial charge in [0.25, 0.3) is 9.05 Å². The van der Waals surface area contributed by atoms with Crippen LogP contribution in [0.2, 0.25) is 0 Å². The molecule has 0 aromatic heterocycles. The second-order valence-corrected chi connectivity index (χ2v) is 4.67. The Morgan fingerprint density at radius 2 is 2.09 bits per heavy atom. The van der Waals surface area contributed by atoms with E-state index < -0.39 is 9.05 Å². The molecule has 0 atom stereocenters. The topological polar surface area (TPSA) is 52.7 Å². The summed E-state index contributed by atoms with van der Waals surface area (Å²) in [7, 11) is 4.80. The van der Waals surface area contributed by atoms with Crippen LogP contribution in [0.25, 0.3) is 0 Å². The molecule has 11 heavy (non-hydrogen) atoms. The van der Waals surface area contributed by atoms with Gasteiger partial charge in [-0.05, 0) is 0 Å². The summed E-state index contributed by atoms with van der Waals surface area (Å²) in [5, 5.41) is 3.05. The van der Waals surface area contributed by atoms with E-state index in [-0.39, 0.29) is 5.03 Å². The van der Waals surface area contributed by atoms with Crippen LogP contribution in [0.4, 0.5) is 0 Å². The molecule has 0 aliphatic carbocycles. The summed E-state index contributed by atoms with van der Waals surface area (Å²) in [5.41, 5.74) is 2.54. The highest BCUT2D eigenvalue weighted by molar-refractivity contribution is 8.16. The molecule has 0 aromatic carbocycles. The SMILES string of the molecule is CN1C=C(S(=O)(=O)Cl)NN1C. The lowest BCUT2D eigenvalue weighted by atomic mass is 10.9. The summed E-state index contributed by atoms with van der Waals surface area (Å²) in [6.07, 6.45) is 1.39. The maximum atomic E-state index is 10.7. The van der Waals surface area contributed by atoms with Gasteiger partial charge in [0.15, 0.2) is 5.03 Å². The minimum Gasteiger partial charge on any atom is -0.296 e. The quantitative estimate of drug-likeness (QED) is 0.583. The Morgan fingerprint density at radius 3 is 2.27 bits per heavy atom. The molecule has 0 radical (unpaired) electrons. The van der Waals surface area contributed by atoms with Crippen molar-refractivity contribution >= 4 is 19.7 Å². The molecule has 1 heterocycles. The molecule has 0 saturated carbocycles. The van der Waals surface area contributed by atoms with Crippen molar-refractivity contribution in [2.24, 2.45) is 0 Å². The number of hydrazine groups is 2. The zero-order chi connectivity index (χ0) is 8.65. The average Bonchev–Trinajstić information content (AvgIpc) is 2.11. The monoisotopic (exact) mass is 197 g/mol. The maximum Gasteiger partial charge on any atom is 0.279 e. The Kier molecular flexibility index (Phi) is 2.00. The lowest BCUT2D eigenvalue weighted by Gasteiger charge is -2.18. The highest BCUT2D eigenvalue weighted by Gasteiger charge is 2.23. The van der Waals surface area contributed by atoms with Crippen LogP contribution in [0.3, 0.4) is 0 Å². The van der Waals surface area contributed by atoms with Gasteiger partial charge in [-0.2, -0.15) is 0 Å². The first kappa shape index (κ1) is 8.63. The molecule has 0 unspecified atom stereocenters. The molecular formula is C4H8ClN3O2S. The van der Waals surface area contributed by atoms with E-state index in [0.717, 1.165) is 0 Å². The lowest BCUT2D eigenvalue weighted by Crippen LogP contribution is -2.36. The third-order valence-corrected chi connectivity index (χ3v) is 2.53. The molecule has 0 aromatic rings. The number of nitrogens with one attached hydrogen (secondary N) is 1. The number of nitrogens with zero attached hydrogens (tertiary/aromatic N) is 2. The first-order chi connectivity index (χ1) is 4.91. The van der Waals surface area contributed by atoms with Crippen LogP contribution in [-0.4, -0.2) is 32.6 Å². The van der Waals surface area contributed by atoms with Crippen LogP contribution < -0.4 is 5.43 Å². The third kappa shape index (κ3) is 1.76. The lowest BCUT2D eigenvalue weighted by molar-refractivity contribution is 0.0643. The van der Waals surface area contributed by atoms with Crippen molar-refractivity contribution in [2.75, 3.05) is 14.1 Å². The van der Waals surface area contributed by atoms with E-state index in [4.69, 9.17) is 10.7 Å². The van der Waals surface area contributed by atoms with E-state index in [0.29, 0.717) is 0 Å². The highest BCUT2D eigenvalue weighted by Crippen LogP contribution is 2.14. The van der Waals surface area contributed by atoms with Crippen LogP contribution in [0, 0.1) is 0 Å². The molecule has 1 N–H and O–H groups in total. The predicted octanol–water partition coefficient (Wildman–Crippen LogP) is -0.349. The summed E-state index contributed by atoms with van der Waals surface area (Å²) in [6.45, 7) is 0. The molecule has 5 nitrogen and oxygen atoms in total. The molecule has 64 valence electrons. The van der Waals surface area contributed by atoms with Gasteiger partial charge in [0.1, 0.15) is 0 Å². The zero-order valence-electron chi connectivity index (χ0n) is 6.07. The second kappa shape index (κ2) is 2.54. The van der Waals surface area contributed by atoms with Gasteiger partial charge in [0.2, 0.25) is 0 Å². The van der Waals surface area contributed by atoms with Gasteiger partial charge in [-0.15, -0.1) is 5.12 Å². The molecule has 1 rings (SSSR count). The number of hydrogen-bond donors (Lipinski definition) is 1. The van der Waals surface area contributed by atoms with Crippen molar-refractivity contribution in [3.8, 4) is 0 Å². The summed E-state index contributed by atoms with van der Waals surface area (Å²) in [6, 6.07) is 0. The van der Waals surface area contributed by atoms with Crippen molar-refractivity contribution in [3.63, 3.8) is 0 Å². The zero-order valence-corrected chi connectivity index (χ0v) is 7.65. The fourth-order valence-electron chi connectivity index (χ4n) is 0.641.